The summed E-state index contributed by atoms with van der Waals surface area (Å²) >= 11 is 0. The number of hydrogen-bond donors (Lipinski definition) is 0. The maximum absolute atomic E-state index is 7.00. The van der Waals surface area contributed by atoms with E-state index < -0.39 is 8.32 Å². The molecule has 1 fully saturated rings. The van der Waals surface area contributed by atoms with Gasteiger partial charge in [0, 0.05) is 32.7 Å². The van der Waals surface area contributed by atoms with Gasteiger partial charge in [-0.1, -0.05) is 101 Å². The van der Waals surface area contributed by atoms with Crippen molar-refractivity contribution in [3.63, 3.8) is 0 Å². The monoisotopic (exact) mass is 534 g/mol. The van der Waals surface area contributed by atoms with Crippen molar-refractivity contribution < 1.29 is 13.9 Å². The van der Waals surface area contributed by atoms with Crippen molar-refractivity contribution in [1.29, 1.82) is 0 Å². The summed E-state index contributed by atoms with van der Waals surface area (Å²) in [6.07, 6.45) is 13.7. The van der Waals surface area contributed by atoms with Crippen molar-refractivity contribution in [3.05, 3.63) is 60.7 Å². The standard InChI is InChI=1S/C34H50O3Si/c1-34(2,3)38(31-23-15-13-16-24-31,32-25-17-14-18-26-32)37-30-21-12-10-8-6-4-5-7-9-11-20-28-35-33-27-19-22-29-36-33/h13-18,23-26,33H,4,6,8-12,19-22,27-30H2,1-3H3. The van der Waals surface area contributed by atoms with E-state index in [-0.39, 0.29) is 11.3 Å². The van der Waals surface area contributed by atoms with Gasteiger partial charge in [-0.3, -0.25) is 0 Å². The Morgan fingerprint density at radius 2 is 1.29 bits per heavy atom. The normalized spacial score (nSPS) is 16.1. The second kappa shape index (κ2) is 16.9. The van der Waals surface area contributed by atoms with Crippen LogP contribution < -0.4 is 10.4 Å². The van der Waals surface area contributed by atoms with Crippen LogP contribution in [-0.2, 0) is 13.9 Å². The lowest BCUT2D eigenvalue weighted by molar-refractivity contribution is -0.162. The summed E-state index contributed by atoms with van der Waals surface area (Å²) in [5.41, 5.74) is 0. The second-order valence-electron chi connectivity index (χ2n) is 11.5. The highest BCUT2D eigenvalue weighted by Gasteiger charge is 2.49. The molecule has 1 atom stereocenters. The van der Waals surface area contributed by atoms with Crippen molar-refractivity contribution in [2.45, 2.75) is 109 Å². The zero-order valence-electron chi connectivity index (χ0n) is 24.2. The van der Waals surface area contributed by atoms with E-state index in [0.717, 1.165) is 58.3 Å². The van der Waals surface area contributed by atoms with E-state index in [2.05, 4.69) is 93.3 Å². The lowest BCUT2D eigenvalue weighted by Crippen LogP contribution is -2.66. The van der Waals surface area contributed by atoms with Gasteiger partial charge in [0.25, 0.3) is 8.32 Å². The van der Waals surface area contributed by atoms with E-state index in [1.165, 1.54) is 48.9 Å². The van der Waals surface area contributed by atoms with Gasteiger partial charge in [0.05, 0.1) is 0 Å². The quantitative estimate of drug-likeness (QED) is 0.134. The SMILES string of the molecule is CC(C)(C)[Si](OCCCCCCCC#CCCCCOC1CCCCO1)(c1ccccc1)c1ccccc1. The predicted octanol–water partition coefficient (Wildman–Crippen LogP) is 7.62. The molecule has 38 heavy (non-hydrogen) atoms. The average molecular weight is 535 g/mol. The Hall–Kier alpha value is -1.90. The van der Waals surface area contributed by atoms with Crippen LogP contribution >= 0.6 is 0 Å². The van der Waals surface area contributed by atoms with E-state index in [4.69, 9.17) is 13.9 Å². The molecule has 3 nitrogen and oxygen atoms in total. The summed E-state index contributed by atoms with van der Waals surface area (Å²) in [4.78, 5) is 0. The molecule has 1 saturated heterocycles. The van der Waals surface area contributed by atoms with E-state index in [1.807, 2.05) is 0 Å². The molecule has 0 aliphatic carbocycles. The van der Waals surface area contributed by atoms with E-state index >= 15 is 0 Å². The Morgan fingerprint density at radius 1 is 0.737 bits per heavy atom. The van der Waals surface area contributed by atoms with Crippen LogP contribution in [-0.4, -0.2) is 34.4 Å². The minimum atomic E-state index is -2.39. The molecule has 0 bridgehead atoms. The molecule has 2 aromatic carbocycles. The van der Waals surface area contributed by atoms with Crippen LogP contribution in [0, 0.1) is 11.8 Å². The van der Waals surface area contributed by atoms with E-state index in [1.54, 1.807) is 0 Å². The molecule has 0 amide bonds. The van der Waals surface area contributed by atoms with Gasteiger partial charge < -0.3 is 13.9 Å². The maximum Gasteiger partial charge on any atom is 0.261 e. The molecular formula is C34H50O3Si. The highest BCUT2D eigenvalue weighted by Crippen LogP contribution is 2.36. The summed E-state index contributed by atoms with van der Waals surface area (Å²) in [6.45, 7) is 9.52. The second-order valence-corrected chi connectivity index (χ2v) is 15.8. The fourth-order valence-electron chi connectivity index (χ4n) is 5.38. The lowest BCUT2D eigenvalue weighted by atomic mass is 10.1. The van der Waals surface area contributed by atoms with Crippen LogP contribution in [0.5, 0.6) is 0 Å². The zero-order chi connectivity index (χ0) is 26.9. The fraction of sp³-hybridized carbons (Fsp3) is 0.588. The molecule has 4 heteroatoms. The number of hydrogen-bond acceptors (Lipinski definition) is 3. The first-order valence-corrected chi connectivity index (χ1v) is 16.9. The summed E-state index contributed by atoms with van der Waals surface area (Å²) in [6, 6.07) is 21.9. The number of benzene rings is 2. The Morgan fingerprint density at radius 3 is 1.87 bits per heavy atom. The first kappa shape index (κ1) is 30.6. The first-order valence-electron chi connectivity index (χ1n) is 15.0. The topological polar surface area (TPSA) is 27.7 Å². The molecule has 1 heterocycles. The van der Waals surface area contributed by atoms with E-state index in [9.17, 15) is 0 Å². The zero-order valence-corrected chi connectivity index (χ0v) is 25.2. The molecular weight excluding hydrogens is 484 g/mol. The Bertz CT molecular complexity index is 897. The third-order valence-electron chi connectivity index (χ3n) is 7.44. The number of unbranched alkanes of at least 4 members (excludes halogenated alkanes) is 7. The fourth-order valence-corrected chi connectivity index (χ4v) is 9.99. The largest absolute Gasteiger partial charge is 0.407 e. The lowest BCUT2D eigenvalue weighted by Gasteiger charge is -2.43. The smallest absolute Gasteiger partial charge is 0.261 e. The van der Waals surface area contributed by atoms with Crippen molar-refractivity contribution in [3.8, 4) is 11.8 Å². The minimum absolute atomic E-state index is 0.0391. The van der Waals surface area contributed by atoms with Gasteiger partial charge in [0.15, 0.2) is 6.29 Å². The molecule has 0 aromatic heterocycles. The molecule has 1 aliphatic rings. The summed E-state index contributed by atoms with van der Waals surface area (Å²) < 4.78 is 18.4. The van der Waals surface area contributed by atoms with Crippen molar-refractivity contribution in [1.82, 2.24) is 0 Å². The third-order valence-corrected chi connectivity index (χ3v) is 12.5. The van der Waals surface area contributed by atoms with Gasteiger partial charge in [-0.25, -0.2) is 0 Å². The highest BCUT2D eigenvalue weighted by molar-refractivity contribution is 6.99. The van der Waals surface area contributed by atoms with Gasteiger partial charge in [-0.15, -0.1) is 11.8 Å². The molecule has 1 unspecified atom stereocenters. The minimum Gasteiger partial charge on any atom is -0.407 e. The number of rotatable bonds is 15. The van der Waals surface area contributed by atoms with E-state index in [0.29, 0.717) is 0 Å². The highest BCUT2D eigenvalue weighted by atomic mass is 28.4. The predicted molar refractivity (Wildman–Crippen MR) is 162 cm³/mol. The third kappa shape index (κ3) is 9.69. The average Bonchev–Trinajstić information content (AvgIpc) is 2.94. The van der Waals surface area contributed by atoms with Crippen LogP contribution in [0.4, 0.5) is 0 Å². The molecule has 2 aromatic rings. The van der Waals surface area contributed by atoms with Crippen LogP contribution in [0.3, 0.4) is 0 Å². The molecule has 0 N–H and O–H groups in total. The molecule has 0 saturated carbocycles. The molecule has 0 spiro atoms. The first-order chi connectivity index (χ1) is 18.5. The van der Waals surface area contributed by atoms with Crippen molar-refractivity contribution >= 4 is 18.7 Å². The van der Waals surface area contributed by atoms with Crippen LogP contribution in [0.15, 0.2) is 60.7 Å². The number of ether oxygens (including phenoxy) is 2. The summed E-state index contributed by atoms with van der Waals surface area (Å²) in [5.74, 6) is 6.71. The van der Waals surface area contributed by atoms with Gasteiger partial charge in [0.2, 0.25) is 0 Å². The van der Waals surface area contributed by atoms with Crippen LogP contribution in [0.25, 0.3) is 0 Å². The Balaban J connectivity index is 1.31. The van der Waals surface area contributed by atoms with Gasteiger partial charge in [-0.05, 0) is 60.4 Å². The van der Waals surface area contributed by atoms with Gasteiger partial charge >= 0.3 is 0 Å². The van der Waals surface area contributed by atoms with Crippen LogP contribution in [0.1, 0.15) is 97.8 Å². The molecule has 3 rings (SSSR count). The van der Waals surface area contributed by atoms with Gasteiger partial charge in [-0.2, -0.15) is 0 Å². The Kier molecular flexibility index (Phi) is 13.6. The van der Waals surface area contributed by atoms with Crippen molar-refractivity contribution in [2.24, 2.45) is 0 Å². The molecule has 1 aliphatic heterocycles. The summed E-state index contributed by atoms with van der Waals surface area (Å²) in [5, 5.41) is 2.77. The Labute approximate surface area is 233 Å². The van der Waals surface area contributed by atoms with Crippen LogP contribution in [0.2, 0.25) is 5.04 Å². The maximum atomic E-state index is 7.00. The molecule has 208 valence electrons. The van der Waals surface area contributed by atoms with Crippen molar-refractivity contribution in [2.75, 3.05) is 19.8 Å². The van der Waals surface area contributed by atoms with Gasteiger partial charge in [0.1, 0.15) is 0 Å². The molecule has 0 radical (unpaired) electrons. The summed E-state index contributed by atoms with van der Waals surface area (Å²) in [7, 11) is -2.39.